The van der Waals surface area contributed by atoms with Crippen LogP contribution >= 0.6 is 0 Å². The summed E-state index contributed by atoms with van der Waals surface area (Å²) in [5.74, 6) is -5.27. The number of carbonyl (C=O) groups excluding carboxylic acids is 1. The van der Waals surface area contributed by atoms with Crippen LogP contribution in [0.3, 0.4) is 0 Å². The number of carbonyl (C=O) groups is 1. The Morgan fingerprint density at radius 1 is 1.53 bits per heavy atom. The molecule has 0 aliphatic heterocycles. The fourth-order valence-corrected chi connectivity index (χ4v) is 1.93. The molecule has 1 atom stereocenters. The maximum Gasteiger partial charge on any atom is 0.352 e. The van der Waals surface area contributed by atoms with Crippen LogP contribution in [0.2, 0.25) is 0 Å². The Labute approximate surface area is 109 Å². The van der Waals surface area contributed by atoms with Crippen molar-refractivity contribution < 1.29 is 18.7 Å². The number of halogens is 2. The summed E-state index contributed by atoms with van der Waals surface area (Å²) in [6, 6.07) is -0.698. The fourth-order valence-electron chi connectivity index (χ4n) is 1.93. The molecular formula is C12H15F2N3O2. The molecule has 1 aromatic heterocycles. The SMILES string of the molecule is C[C@@H](NC(=O)C(F)(F)C1(O)CCC1)c1cnccn1. The van der Waals surface area contributed by atoms with Crippen LogP contribution < -0.4 is 5.32 Å². The third-order valence-electron chi connectivity index (χ3n) is 3.42. The Morgan fingerprint density at radius 2 is 2.21 bits per heavy atom. The molecule has 2 N–H and O–H groups in total. The number of amides is 1. The maximum atomic E-state index is 13.8. The smallest absolute Gasteiger partial charge is 0.352 e. The molecule has 0 unspecified atom stereocenters. The van der Waals surface area contributed by atoms with Gasteiger partial charge < -0.3 is 10.4 Å². The van der Waals surface area contributed by atoms with Gasteiger partial charge in [0.1, 0.15) is 5.60 Å². The van der Waals surface area contributed by atoms with Crippen molar-refractivity contribution in [2.45, 2.75) is 43.8 Å². The van der Waals surface area contributed by atoms with Crippen molar-refractivity contribution in [3.8, 4) is 0 Å². The first kappa shape index (κ1) is 13.8. The van der Waals surface area contributed by atoms with E-state index in [1.165, 1.54) is 25.5 Å². The molecule has 104 valence electrons. The monoisotopic (exact) mass is 271 g/mol. The standard InChI is InChI=1S/C12H15F2N3O2/c1-8(9-7-15-5-6-16-9)17-10(18)12(13,14)11(19)3-2-4-11/h5-8,19H,2-4H2,1H3,(H,17,18)/t8-/m1/s1. The van der Waals surface area contributed by atoms with Crippen LogP contribution in [-0.4, -0.2) is 32.5 Å². The van der Waals surface area contributed by atoms with Gasteiger partial charge in [-0.15, -0.1) is 0 Å². The number of nitrogens with one attached hydrogen (secondary N) is 1. The Kier molecular flexibility index (Phi) is 3.49. The van der Waals surface area contributed by atoms with Gasteiger partial charge in [-0.05, 0) is 26.2 Å². The second kappa shape index (κ2) is 4.80. The molecule has 0 bridgehead atoms. The molecule has 7 heteroatoms. The molecule has 1 heterocycles. The van der Waals surface area contributed by atoms with E-state index in [0.717, 1.165) is 0 Å². The number of hydrogen-bond acceptors (Lipinski definition) is 4. The van der Waals surface area contributed by atoms with Crippen LogP contribution in [0.1, 0.15) is 37.9 Å². The van der Waals surface area contributed by atoms with E-state index in [4.69, 9.17) is 0 Å². The fraction of sp³-hybridized carbons (Fsp3) is 0.583. The van der Waals surface area contributed by atoms with Gasteiger partial charge in [0.05, 0.1) is 17.9 Å². The summed E-state index contributed by atoms with van der Waals surface area (Å²) >= 11 is 0. The zero-order valence-electron chi connectivity index (χ0n) is 10.4. The largest absolute Gasteiger partial charge is 0.383 e. The van der Waals surface area contributed by atoms with Crippen LogP contribution in [0.5, 0.6) is 0 Å². The van der Waals surface area contributed by atoms with E-state index in [2.05, 4.69) is 15.3 Å². The van der Waals surface area contributed by atoms with Gasteiger partial charge in [0.15, 0.2) is 0 Å². The second-order valence-corrected chi connectivity index (χ2v) is 4.78. The van der Waals surface area contributed by atoms with E-state index in [9.17, 15) is 18.7 Å². The van der Waals surface area contributed by atoms with Crippen molar-refractivity contribution in [2.75, 3.05) is 0 Å². The van der Waals surface area contributed by atoms with E-state index in [0.29, 0.717) is 12.1 Å². The number of hydrogen-bond donors (Lipinski definition) is 2. The average Bonchev–Trinajstić information content (AvgIpc) is 2.36. The zero-order valence-corrected chi connectivity index (χ0v) is 10.4. The van der Waals surface area contributed by atoms with Crippen molar-refractivity contribution in [3.05, 3.63) is 24.3 Å². The molecule has 1 aliphatic carbocycles. The van der Waals surface area contributed by atoms with Crippen molar-refractivity contribution >= 4 is 5.91 Å². The lowest BCUT2D eigenvalue weighted by Crippen LogP contribution is -2.60. The first-order valence-electron chi connectivity index (χ1n) is 6.04. The molecule has 1 saturated carbocycles. The second-order valence-electron chi connectivity index (χ2n) is 4.78. The van der Waals surface area contributed by atoms with E-state index >= 15 is 0 Å². The predicted molar refractivity (Wildman–Crippen MR) is 62.3 cm³/mol. The third-order valence-corrected chi connectivity index (χ3v) is 3.42. The van der Waals surface area contributed by atoms with Crippen LogP contribution in [0.15, 0.2) is 18.6 Å². The Morgan fingerprint density at radius 3 is 2.68 bits per heavy atom. The number of aliphatic hydroxyl groups is 1. The number of rotatable bonds is 4. The summed E-state index contributed by atoms with van der Waals surface area (Å²) in [7, 11) is 0. The molecule has 5 nitrogen and oxygen atoms in total. The molecular weight excluding hydrogens is 256 g/mol. The molecule has 1 aliphatic rings. The van der Waals surface area contributed by atoms with Gasteiger partial charge in [0.25, 0.3) is 5.91 Å². The highest BCUT2D eigenvalue weighted by Gasteiger charge is 2.61. The van der Waals surface area contributed by atoms with Crippen LogP contribution in [0.25, 0.3) is 0 Å². The van der Waals surface area contributed by atoms with Gasteiger partial charge in [-0.2, -0.15) is 8.78 Å². The normalized spacial score (nSPS) is 19.4. The number of nitrogens with zero attached hydrogens (tertiary/aromatic N) is 2. The van der Waals surface area contributed by atoms with Crippen LogP contribution in [0, 0.1) is 0 Å². The van der Waals surface area contributed by atoms with Crippen molar-refractivity contribution in [3.63, 3.8) is 0 Å². The topological polar surface area (TPSA) is 75.1 Å². The lowest BCUT2D eigenvalue weighted by Gasteiger charge is -2.41. The minimum atomic E-state index is -3.79. The predicted octanol–water partition coefficient (Wildman–Crippen LogP) is 1.20. The highest BCUT2D eigenvalue weighted by atomic mass is 19.3. The highest BCUT2D eigenvalue weighted by Crippen LogP contribution is 2.44. The van der Waals surface area contributed by atoms with Crippen molar-refractivity contribution in [1.29, 1.82) is 0 Å². The summed E-state index contributed by atoms with van der Waals surface area (Å²) in [4.78, 5) is 19.3. The summed E-state index contributed by atoms with van der Waals surface area (Å²) in [6.07, 6.45) is 4.62. The van der Waals surface area contributed by atoms with E-state index in [1.807, 2.05) is 0 Å². The average molecular weight is 271 g/mol. The van der Waals surface area contributed by atoms with Crippen LogP contribution in [-0.2, 0) is 4.79 Å². The maximum absolute atomic E-state index is 13.8. The van der Waals surface area contributed by atoms with Gasteiger partial charge in [-0.3, -0.25) is 14.8 Å². The lowest BCUT2D eigenvalue weighted by molar-refractivity contribution is -0.216. The molecule has 0 radical (unpaired) electrons. The molecule has 2 rings (SSSR count). The summed E-state index contributed by atoms with van der Waals surface area (Å²) < 4.78 is 27.6. The summed E-state index contributed by atoms with van der Waals surface area (Å²) in [5.41, 5.74) is -1.83. The molecule has 1 aromatic rings. The minimum Gasteiger partial charge on any atom is -0.383 e. The van der Waals surface area contributed by atoms with Crippen LogP contribution in [0.4, 0.5) is 8.78 Å². The third kappa shape index (κ3) is 2.42. The van der Waals surface area contributed by atoms with Gasteiger partial charge >= 0.3 is 5.92 Å². The Balaban J connectivity index is 2.05. The quantitative estimate of drug-likeness (QED) is 0.863. The van der Waals surface area contributed by atoms with E-state index in [-0.39, 0.29) is 12.8 Å². The zero-order chi connectivity index (χ0) is 14.1. The Hall–Kier alpha value is -1.63. The first-order valence-corrected chi connectivity index (χ1v) is 6.04. The highest BCUT2D eigenvalue weighted by molar-refractivity contribution is 5.85. The number of aromatic nitrogens is 2. The van der Waals surface area contributed by atoms with Gasteiger partial charge in [0.2, 0.25) is 0 Å². The molecule has 1 amide bonds. The molecule has 1 fully saturated rings. The van der Waals surface area contributed by atoms with E-state index < -0.39 is 23.5 Å². The molecule has 0 spiro atoms. The van der Waals surface area contributed by atoms with E-state index in [1.54, 1.807) is 0 Å². The number of alkyl halides is 2. The lowest BCUT2D eigenvalue weighted by atomic mass is 9.75. The van der Waals surface area contributed by atoms with Crippen molar-refractivity contribution in [1.82, 2.24) is 15.3 Å². The van der Waals surface area contributed by atoms with Gasteiger partial charge in [0, 0.05) is 12.4 Å². The van der Waals surface area contributed by atoms with Crippen molar-refractivity contribution in [2.24, 2.45) is 0 Å². The summed E-state index contributed by atoms with van der Waals surface area (Å²) in [5, 5.41) is 11.8. The summed E-state index contributed by atoms with van der Waals surface area (Å²) in [6.45, 7) is 1.53. The Bertz CT molecular complexity index is 463. The first-order chi connectivity index (χ1) is 8.87. The molecule has 0 saturated heterocycles. The van der Waals surface area contributed by atoms with Gasteiger partial charge in [-0.1, -0.05) is 0 Å². The molecule has 19 heavy (non-hydrogen) atoms. The molecule has 0 aromatic carbocycles. The minimum absolute atomic E-state index is 0.0626. The van der Waals surface area contributed by atoms with Gasteiger partial charge in [-0.25, -0.2) is 0 Å².